The lowest BCUT2D eigenvalue weighted by Gasteiger charge is -2.28. The molecule has 1 aromatic heterocycles. The summed E-state index contributed by atoms with van der Waals surface area (Å²) in [5.74, 6) is 0. The van der Waals surface area contributed by atoms with E-state index in [0.717, 1.165) is 28.3 Å². The van der Waals surface area contributed by atoms with Gasteiger partial charge in [0, 0.05) is 33.4 Å². The van der Waals surface area contributed by atoms with E-state index in [1.807, 2.05) is 0 Å². The highest BCUT2D eigenvalue weighted by molar-refractivity contribution is 6.21. The average molecular weight is 689 g/mol. The zero-order chi connectivity index (χ0) is 35.8. The van der Waals surface area contributed by atoms with Crippen LogP contribution >= 0.6 is 0 Å². The smallest absolute Gasteiger partial charge is 0.0562 e. The van der Waals surface area contributed by atoms with Gasteiger partial charge in [0.15, 0.2) is 0 Å². The lowest BCUT2D eigenvalue weighted by Crippen LogP contribution is -2.11. The van der Waals surface area contributed by atoms with Crippen LogP contribution in [0.1, 0.15) is 0 Å². The van der Waals surface area contributed by atoms with Crippen molar-refractivity contribution in [3.05, 3.63) is 218 Å². The van der Waals surface area contributed by atoms with Crippen LogP contribution in [0.5, 0.6) is 0 Å². The molecule has 10 aromatic rings. The van der Waals surface area contributed by atoms with Crippen molar-refractivity contribution in [3.63, 3.8) is 0 Å². The predicted octanol–water partition coefficient (Wildman–Crippen LogP) is 14.4. The van der Waals surface area contributed by atoms with Crippen LogP contribution in [-0.4, -0.2) is 4.57 Å². The molecule has 0 spiro atoms. The van der Waals surface area contributed by atoms with E-state index in [1.54, 1.807) is 0 Å². The molecular weight excluding hydrogens is 653 g/mol. The van der Waals surface area contributed by atoms with Gasteiger partial charge >= 0.3 is 0 Å². The third kappa shape index (κ3) is 5.53. The van der Waals surface area contributed by atoms with Crippen molar-refractivity contribution in [2.45, 2.75) is 0 Å². The van der Waals surface area contributed by atoms with Crippen LogP contribution in [0, 0.1) is 0 Å². The van der Waals surface area contributed by atoms with E-state index in [-0.39, 0.29) is 0 Å². The first-order valence-corrected chi connectivity index (χ1v) is 18.5. The molecule has 0 bridgehead atoms. The van der Waals surface area contributed by atoms with Crippen LogP contribution in [-0.2, 0) is 0 Å². The van der Waals surface area contributed by atoms with Crippen molar-refractivity contribution in [2.24, 2.45) is 0 Å². The Labute approximate surface area is 315 Å². The molecule has 0 aliphatic heterocycles. The number of hydrogen-bond donors (Lipinski definition) is 0. The molecule has 0 N–H and O–H groups in total. The third-order valence-corrected chi connectivity index (χ3v) is 10.6. The Morgan fingerprint density at radius 1 is 0.333 bits per heavy atom. The van der Waals surface area contributed by atoms with Gasteiger partial charge in [0.05, 0.1) is 16.7 Å². The molecular formula is C52H36N2. The number of benzene rings is 9. The minimum absolute atomic E-state index is 1.09. The van der Waals surface area contributed by atoms with E-state index < -0.39 is 0 Å². The topological polar surface area (TPSA) is 8.17 Å². The standard InChI is InChI=1S/C52H36N2/c1-4-14-37(15-5-1)39-24-29-43(30-25-39)53(49-23-13-12-21-46(49)41-18-8-3-9-19-41)45-33-34-48-51(36-45)54(50-35-28-42-20-10-11-22-47(42)52(48)50)44-31-26-40(27-32-44)38-16-6-2-7-17-38/h1-36H. The molecule has 0 aliphatic rings. The van der Waals surface area contributed by atoms with Gasteiger partial charge in [0.25, 0.3) is 0 Å². The van der Waals surface area contributed by atoms with Gasteiger partial charge in [-0.1, -0.05) is 170 Å². The Morgan fingerprint density at radius 2 is 0.870 bits per heavy atom. The molecule has 2 nitrogen and oxygen atoms in total. The van der Waals surface area contributed by atoms with Gasteiger partial charge in [-0.15, -0.1) is 0 Å². The number of para-hydroxylation sites is 1. The minimum atomic E-state index is 1.09. The monoisotopic (exact) mass is 688 g/mol. The third-order valence-electron chi connectivity index (χ3n) is 10.6. The molecule has 0 atom stereocenters. The summed E-state index contributed by atoms with van der Waals surface area (Å²) in [6, 6.07) is 78.9. The number of aromatic nitrogens is 1. The fraction of sp³-hybridized carbons (Fsp3) is 0. The number of nitrogens with zero attached hydrogens (tertiary/aromatic N) is 2. The minimum Gasteiger partial charge on any atom is -0.310 e. The second kappa shape index (κ2) is 13.4. The summed E-state index contributed by atoms with van der Waals surface area (Å²) in [6.07, 6.45) is 0. The molecule has 0 amide bonds. The summed E-state index contributed by atoms with van der Waals surface area (Å²) in [5, 5.41) is 5.00. The van der Waals surface area contributed by atoms with Gasteiger partial charge in [-0.2, -0.15) is 0 Å². The molecule has 9 aromatic carbocycles. The Kier molecular flexibility index (Phi) is 7.85. The van der Waals surface area contributed by atoms with Gasteiger partial charge in [-0.3, -0.25) is 0 Å². The summed E-state index contributed by atoms with van der Waals surface area (Å²) in [5.41, 5.74) is 14.0. The lowest BCUT2D eigenvalue weighted by atomic mass is 10.0. The second-order valence-electron chi connectivity index (χ2n) is 13.8. The maximum absolute atomic E-state index is 2.44. The summed E-state index contributed by atoms with van der Waals surface area (Å²) in [6.45, 7) is 0. The molecule has 254 valence electrons. The molecule has 10 rings (SSSR count). The first kappa shape index (κ1) is 31.6. The average Bonchev–Trinajstić information content (AvgIpc) is 3.59. The predicted molar refractivity (Wildman–Crippen MR) is 229 cm³/mol. The van der Waals surface area contributed by atoms with Crippen LogP contribution in [0.2, 0.25) is 0 Å². The molecule has 2 heteroatoms. The van der Waals surface area contributed by atoms with E-state index in [1.165, 1.54) is 60.4 Å². The van der Waals surface area contributed by atoms with E-state index in [0.29, 0.717) is 0 Å². The molecule has 54 heavy (non-hydrogen) atoms. The van der Waals surface area contributed by atoms with Gasteiger partial charge in [-0.05, 0) is 87.1 Å². The van der Waals surface area contributed by atoms with Crippen molar-refractivity contribution in [1.29, 1.82) is 0 Å². The molecule has 0 aliphatic carbocycles. The zero-order valence-corrected chi connectivity index (χ0v) is 29.7. The van der Waals surface area contributed by atoms with E-state index in [2.05, 4.69) is 228 Å². The van der Waals surface area contributed by atoms with E-state index in [9.17, 15) is 0 Å². The highest BCUT2D eigenvalue weighted by Crippen LogP contribution is 2.44. The van der Waals surface area contributed by atoms with Crippen molar-refractivity contribution in [3.8, 4) is 39.1 Å². The summed E-state index contributed by atoms with van der Waals surface area (Å²) < 4.78 is 2.44. The Balaban J connectivity index is 1.21. The van der Waals surface area contributed by atoms with Crippen LogP contribution in [0.25, 0.3) is 71.6 Å². The van der Waals surface area contributed by atoms with Gasteiger partial charge in [0.2, 0.25) is 0 Å². The van der Waals surface area contributed by atoms with Gasteiger partial charge in [0.1, 0.15) is 0 Å². The zero-order valence-electron chi connectivity index (χ0n) is 29.7. The second-order valence-corrected chi connectivity index (χ2v) is 13.8. The summed E-state index contributed by atoms with van der Waals surface area (Å²) in [7, 11) is 0. The lowest BCUT2D eigenvalue weighted by molar-refractivity contribution is 1.18. The Bertz CT molecular complexity index is 2890. The number of rotatable bonds is 7. The quantitative estimate of drug-likeness (QED) is 0.162. The summed E-state index contributed by atoms with van der Waals surface area (Å²) >= 11 is 0. The van der Waals surface area contributed by atoms with Crippen LogP contribution in [0.15, 0.2) is 218 Å². The molecule has 0 unspecified atom stereocenters. The van der Waals surface area contributed by atoms with E-state index in [4.69, 9.17) is 0 Å². The fourth-order valence-corrected chi connectivity index (χ4v) is 8.02. The van der Waals surface area contributed by atoms with Crippen molar-refractivity contribution in [1.82, 2.24) is 4.57 Å². The molecule has 0 fully saturated rings. The first-order valence-electron chi connectivity index (χ1n) is 18.5. The largest absolute Gasteiger partial charge is 0.310 e. The highest BCUT2D eigenvalue weighted by Gasteiger charge is 2.21. The van der Waals surface area contributed by atoms with Crippen molar-refractivity contribution in [2.75, 3.05) is 4.90 Å². The van der Waals surface area contributed by atoms with Crippen LogP contribution < -0.4 is 4.90 Å². The maximum atomic E-state index is 2.44. The van der Waals surface area contributed by atoms with Gasteiger partial charge in [-0.25, -0.2) is 0 Å². The SMILES string of the molecule is c1ccc(-c2ccc(N(c3ccc4c5c6ccccc6ccc5n(-c5ccc(-c6ccccc6)cc5)c4c3)c3ccccc3-c3ccccc3)cc2)cc1. The Hall–Kier alpha value is -7.16. The Morgan fingerprint density at radius 3 is 1.56 bits per heavy atom. The fourth-order valence-electron chi connectivity index (χ4n) is 8.02. The van der Waals surface area contributed by atoms with Crippen LogP contribution in [0.3, 0.4) is 0 Å². The normalized spacial score (nSPS) is 11.3. The summed E-state index contributed by atoms with van der Waals surface area (Å²) in [4.78, 5) is 2.41. The molecule has 0 saturated heterocycles. The van der Waals surface area contributed by atoms with E-state index >= 15 is 0 Å². The number of fused-ring (bicyclic) bond motifs is 5. The highest BCUT2D eigenvalue weighted by atomic mass is 15.1. The van der Waals surface area contributed by atoms with Crippen molar-refractivity contribution < 1.29 is 0 Å². The number of hydrogen-bond acceptors (Lipinski definition) is 1. The first-order chi connectivity index (χ1) is 26.8. The molecule has 0 radical (unpaired) electrons. The maximum Gasteiger partial charge on any atom is 0.0562 e. The van der Waals surface area contributed by atoms with Crippen LogP contribution in [0.4, 0.5) is 17.1 Å². The van der Waals surface area contributed by atoms with Gasteiger partial charge < -0.3 is 9.47 Å². The molecule has 0 saturated carbocycles. The molecule has 1 heterocycles. The number of anilines is 3. The van der Waals surface area contributed by atoms with Crippen molar-refractivity contribution >= 4 is 49.6 Å².